The van der Waals surface area contributed by atoms with E-state index in [0.717, 1.165) is 33.9 Å². The third-order valence-corrected chi connectivity index (χ3v) is 6.40. The van der Waals surface area contributed by atoms with Gasteiger partial charge in [0.05, 0.1) is 28.0 Å². The van der Waals surface area contributed by atoms with E-state index in [1.165, 1.54) is 4.68 Å². The molecule has 0 bridgehead atoms. The Morgan fingerprint density at radius 2 is 1.97 bits per heavy atom. The van der Waals surface area contributed by atoms with Gasteiger partial charge in [0, 0.05) is 29.6 Å². The van der Waals surface area contributed by atoms with Gasteiger partial charge in [0.15, 0.2) is 0 Å². The van der Waals surface area contributed by atoms with E-state index in [2.05, 4.69) is 16.1 Å². The average Bonchev–Trinajstić information content (AvgIpc) is 3.41. The zero-order valence-corrected chi connectivity index (χ0v) is 17.7. The minimum Gasteiger partial charge on any atom is -0.312 e. The van der Waals surface area contributed by atoms with Crippen LogP contribution in [0.5, 0.6) is 0 Å². The van der Waals surface area contributed by atoms with Gasteiger partial charge in [0.2, 0.25) is 5.91 Å². The smallest absolute Gasteiger partial charge is 0.273 e. The number of carbonyl (C=O) groups is 1. The number of aryl methyl sites for hydroxylation is 2. The zero-order valence-electron chi connectivity index (χ0n) is 16.9. The van der Waals surface area contributed by atoms with Crippen molar-refractivity contribution < 1.29 is 4.79 Å². The van der Waals surface area contributed by atoms with Crippen molar-refractivity contribution in [1.82, 2.24) is 14.8 Å². The van der Waals surface area contributed by atoms with Gasteiger partial charge in [-0.05, 0) is 43.2 Å². The Kier molecular flexibility index (Phi) is 4.78. The number of thiazole rings is 1. The predicted molar refractivity (Wildman–Crippen MR) is 122 cm³/mol. The number of nitrogens with zero attached hydrogens (tertiary/aromatic N) is 3. The fourth-order valence-corrected chi connectivity index (χ4v) is 4.68. The number of aromatic amines is 1. The van der Waals surface area contributed by atoms with E-state index in [0.29, 0.717) is 17.3 Å². The summed E-state index contributed by atoms with van der Waals surface area (Å²) in [6.07, 6.45) is 0.908. The molecule has 3 heterocycles. The maximum Gasteiger partial charge on any atom is 0.273 e. The number of carbonyl (C=O) groups excluding carboxylic acids is 1. The lowest BCUT2D eigenvalue weighted by molar-refractivity contribution is -0.118. The highest BCUT2D eigenvalue weighted by atomic mass is 32.1. The molecule has 0 atom stereocenters. The number of H-pyrrole nitrogens is 1. The molecule has 7 nitrogen and oxygen atoms in total. The van der Waals surface area contributed by atoms with Crippen LogP contribution in [-0.4, -0.2) is 27.2 Å². The first kappa shape index (κ1) is 19.4. The van der Waals surface area contributed by atoms with Crippen LogP contribution < -0.4 is 16.0 Å². The van der Waals surface area contributed by atoms with E-state index in [9.17, 15) is 14.4 Å². The monoisotopic (exact) mass is 432 g/mol. The molecule has 2 aromatic carbocycles. The van der Waals surface area contributed by atoms with Gasteiger partial charge in [-0.1, -0.05) is 18.2 Å². The van der Waals surface area contributed by atoms with Gasteiger partial charge in [0.1, 0.15) is 0 Å². The highest BCUT2D eigenvalue weighted by Gasteiger charge is 2.25. The first-order valence-electron chi connectivity index (χ1n) is 10.1. The molecule has 1 amide bonds. The van der Waals surface area contributed by atoms with Crippen LogP contribution >= 0.6 is 11.3 Å². The molecule has 0 radical (unpaired) electrons. The van der Waals surface area contributed by atoms with E-state index in [-0.39, 0.29) is 30.0 Å². The Morgan fingerprint density at radius 1 is 1.16 bits per heavy atom. The number of rotatable bonds is 4. The van der Waals surface area contributed by atoms with Crippen molar-refractivity contribution >= 4 is 33.7 Å². The minimum atomic E-state index is -0.334. The fraction of sp³-hybridized carbons (Fsp3) is 0.217. The summed E-state index contributed by atoms with van der Waals surface area (Å²) in [6.45, 7) is 2.71. The summed E-state index contributed by atoms with van der Waals surface area (Å²) < 4.78 is 1.23. The van der Waals surface area contributed by atoms with Crippen LogP contribution in [0.4, 0.5) is 5.69 Å². The molecule has 156 valence electrons. The molecule has 0 spiro atoms. The van der Waals surface area contributed by atoms with Crippen molar-refractivity contribution in [1.29, 1.82) is 0 Å². The number of anilines is 1. The number of amides is 1. The fourth-order valence-electron chi connectivity index (χ4n) is 4.06. The zero-order chi connectivity index (χ0) is 21.5. The molecule has 2 aromatic heterocycles. The molecular weight excluding hydrogens is 412 g/mol. The number of nitrogens with one attached hydrogen (secondary N) is 1. The normalized spacial score (nSPS) is 13.0. The standard InChI is InChI=1S/C23H20N4O3S/c1-14-24-19(13-31-14)15-6-7-20-16(12-15)8-10-26(20)21(28)9-11-27-23(30)18-5-3-2-4-17(18)22(29)25-27/h2-7,12-13H,8-11H2,1H3,(H,25,29). The van der Waals surface area contributed by atoms with Crippen molar-refractivity contribution in [2.75, 3.05) is 11.4 Å². The SMILES string of the molecule is Cc1nc(-c2ccc3c(c2)CCN3C(=O)CCn2[nH]c(=O)c3ccccc3c2=O)cs1. The van der Waals surface area contributed by atoms with Crippen molar-refractivity contribution in [3.63, 3.8) is 0 Å². The van der Waals surface area contributed by atoms with E-state index in [1.807, 2.05) is 24.4 Å². The Balaban J connectivity index is 1.35. The lowest BCUT2D eigenvalue weighted by atomic mass is 10.1. The van der Waals surface area contributed by atoms with Crippen molar-refractivity contribution in [3.8, 4) is 11.3 Å². The highest BCUT2D eigenvalue weighted by molar-refractivity contribution is 7.09. The number of hydrogen-bond donors (Lipinski definition) is 1. The van der Waals surface area contributed by atoms with Crippen LogP contribution in [0.3, 0.4) is 0 Å². The molecule has 1 aliphatic rings. The Morgan fingerprint density at radius 3 is 2.74 bits per heavy atom. The molecule has 1 aliphatic heterocycles. The van der Waals surface area contributed by atoms with Crippen LogP contribution in [0.1, 0.15) is 17.0 Å². The average molecular weight is 433 g/mol. The summed E-state index contributed by atoms with van der Waals surface area (Å²) in [5.74, 6) is -0.0723. The van der Waals surface area contributed by atoms with Crippen LogP contribution in [0.2, 0.25) is 0 Å². The second kappa shape index (κ2) is 7.63. The molecule has 0 aliphatic carbocycles. The lowest BCUT2D eigenvalue weighted by Gasteiger charge is -2.18. The highest BCUT2D eigenvalue weighted by Crippen LogP contribution is 2.33. The predicted octanol–water partition coefficient (Wildman–Crippen LogP) is 3.10. The van der Waals surface area contributed by atoms with Crippen LogP contribution in [0.25, 0.3) is 22.0 Å². The molecule has 0 saturated heterocycles. The van der Waals surface area contributed by atoms with Crippen LogP contribution in [0.15, 0.2) is 57.4 Å². The number of fused-ring (bicyclic) bond motifs is 2. The summed E-state index contributed by atoms with van der Waals surface area (Å²) in [7, 11) is 0. The van der Waals surface area contributed by atoms with Crippen LogP contribution in [0, 0.1) is 6.92 Å². The third-order valence-electron chi connectivity index (χ3n) is 5.62. The summed E-state index contributed by atoms with van der Waals surface area (Å²) in [5, 5.41) is 6.36. The summed E-state index contributed by atoms with van der Waals surface area (Å²) in [6, 6.07) is 12.7. The van der Waals surface area contributed by atoms with Crippen molar-refractivity contribution in [3.05, 3.63) is 79.1 Å². The third kappa shape index (κ3) is 3.48. The van der Waals surface area contributed by atoms with Gasteiger partial charge in [-0.25, -0.2) is 9.67 Å². The topological polar surface area (TPSA) is 88.1 Å². The number of hydrogen-bond acceptors (Lipinski definition) is 5. The largest absolute Gasteiger partial charge is 0.312 e. The van der Waals surface area contributed by atoms with Gasteiger partial charge in [-0.3, -0.25) is 19.5 Å². The Hall–Kier alpha value is -3.52. The van der Waals surface area contributed by atoms with Gasteiger partial charge in [-0.15, -0.1) is 11.3 Å². The van der Waals surface area contributed by atoms with Gasteiger partial charge in [0.25, 0.3) is 11.1 Å². The van der Waals surface area contributed by atoms with Gasteiger partial charge in [-0.2, -0.15) is 0 Å². The summed E-state index contributed by atoms with van der Waals surface area (Å²) in [5.41, 5.74) is 3.40. The van der Waals surface area contributed by atoms with Crippen LogP contribution in [-0.2, 0) is 17.8 Å². The molecule has 5 rings (SSSR count). The molecule has 1 N–H and O–H groups in total. The first-order valence-corrected chi connectivity index (χ1v) is 11.0. The van der Waals surface area contributed by atoms with E-state index < -0.39 is 0 Å². The number of aromatic nitrogens is 3. The second-order valence-electron chi connectivity index (χ2n) is 7.58. The quantitative estimate of drug-likeness (QED) is 0.537. The summed E-state index contributed by atoms with van der Waals surface area (Å²) >= 11 is 1.62. The minimum absolute atomic E-state index is 0.0723. The summed E-state index contributed by atoms with van der Waals surface area (Å²) in [4.78, 5) is 44.1. The van der Waals surface area contributed by atoms with Gasteiger partial charge < -0.3 is 4.90 Å². The van der Waals surface area contributed by atoms with Gasteiger partial charge >= 0.3 is 0 Å². The van der Waals surface area contributed by atoms with Crippen molar-refractivity contribution in [2.45, 2.75) is 26.3 Å². The molecule has 0 unspecified atom stereocenters. The molecule has 4 aromatic rings. The first-order chi connectivity index (χ1) is 15.0. The number of benzene rings is 2. The second-order valence-corrected chi connectivity index (χ2v) is 8.65. The van der Waals surface area contributed by atoms with E-state index in [4.69, 9.17) is 0 Å². The molecule has 0 fully saturated rings. The molecule has 0 saturated carbocycles. The van der Waals surface area contributed by atoms with E-state index >= 15 is 0 Å². The van der Waals surface area contributed by atoms with E-state index in [1.54, 1.807) is 40.5 Å². The molecular formula is C23H20N4O3S. The van der Waals surface area contributed by atoms with Crippen molar-refractivity contribution in [2.24, 2.45) is 0 Å². The molecule has 31 heavy (non-hydrogen) atoms. The molecule has 8 heteroatoms. The maximum atomic E-state index is 12.9. The lowest BCUT2D eigenvalue weighted by Crippen LogP contribution is -2.34. The maximum absolute atomic E-state index is 12.9. The Bertz CT molecular complexity index is 1430. The Labute approximate surface area is 181 Å².